The average Bonchev–Trinajstić information content (AvgIpc) is 3.24. The molecule has 1 fully saturated rings. The summed E-state index contributed by atoms with van der Waals surface area (Å²) in [6.07, 6.45) is 1.75. The summed E-state index contributed by atoms with van der Waals surface area (Å²) in [6.45, 7) is 4.45. The van der Waals surface area contributed by atoms with Crippen LogP contribution in [0.3, 0.4) is 0 Å². The second-order valence-corrected chi connectivity index (χ2v) is 5.71. The van der Waals surface area contributed by atoms with Gasteiger partial charge in [0.1, 0.15) is 5.75 Å². The molecule has 20 heavy (non-hydrogen) atoms. The first-order valence-corrected chi connectivity index (χ1v) is 7.09. The van der Waals surface area contributed by atoms with Crippen LogP contribution in [0.5, 0.6) is 5.75 Å². The predicted molar refractivity (Wildman–Crippen MR) is 77.8 cm³/mol. The molecule has 0 bridgehead atoms. The quantitative estimate of drug-likeness (QED) is 0.864. The first-order valence-electron chi connectivity index (χ1n) is 7.09. The van der Waals surface area contributed by atoms with Gasteiger partial charge in [0.25, 0.3) is 5.91 Å². The van der Waals surface area contributed by atoms with Gasteiger partial charge in [0.15, 0.2) is 6.61 Å². The van der Waals surface area contributed by atoms with Gasteiger partial charge in [-0.2, -0.15) is 0 Å². The Hall–Kier alpha value is -1.55. The Morgan fingerprint density at radius 2 is 2.10 bits per heavy atom. The lowest BCUT2D eigenvalue weighted by molar-refractivity contribution is -0.133. The second-order valence-electron chi connectivity index (χ2n) is 5.71. The molecule has 0 aromatic heterocycles. The second kappa shape index (κ2) is 6.27. The third-order valence-electron chi connectivity index (χ3n) is 3.89. The van der Waals surface area contributed by atoms with Crippen molar-refractivity contribution in [2.75, 3.05) is 20.2 Å². The highest BCUT2D eigenvalue weighted by Gasteiger charge is 2.31. The Kier molecular flexibility index (Phi) is 4.65. The van der Waals surface area contributed by atoms with Gasteiger partial charge in [-0.05, 0) is 55.9 Å². The Bertz CT molecular complexity index is 483. The van der Waals surface area contributed by atoms with Crippen molar-refractivity contribution < 1.29 is 14.6 Å². The molecule has 0 spiro atoms. The van der Waals surface area contributed by atoms with Crippen LogP contribution in [0.1, 0.15) is 24.0 Å². The Labute approximate surface area is 120 Å². The zero-order valence-corrected chi connectivity index (χ0v) is 12.4. The third-order valence-corrected chi connectivity index (χ3v) is 3.89. The van der Waals surface area contributed by atoms with Crippen molar-refractivity contribution in [3.05, 3.63) is 29.3 Å². The standard InChI is InChI=1S/C16H23NO3/c1-11-4-7-14(8-12(11)2)20-10-16(19)17(3)9-15(18)13-5-6-13/h4,7-8,13,15,18H,5-6,9-10H2,1-3H3. The van der Waals surface area contributed by atoms with Crippen molar-refractivity contribution in [1.29, 1.82) is 0 Å². The van der Waals surface area contributed by atoms with Crippen molar-refractivity contribution >= 4 is 5.91 Å². The van der Waals surface area contributed by atoms with E-state index >= 15 is 0 Å². The van der Waals surface area contributed by atoms with Crippen LogP contribution in [0, 0.1) is 19.8 Å². The molecular weight excluding hydrogens is 254 g/mol. The minimum Gasteiger partial charge on any atom is -0.484 e. The molecular formula is C16H23NO3. The van der Waals surface area contributed by atoms with Crippen LogP contribution < -0.4 is 4.74 Å². The van der Waals surface area contributed by atoms with Gasteiger partial charge in [0, 0.05) is 13.6 Å². The van der Waals surface area contributed by atoms with Crippen LogP contribution in [0.2, 0.25) is 0 Å². The van der Waals surface area contributed by atoms with Gasteiger partial charge in [0.2, 0.25) is 0 Å². The lowest BCUT2D eigenvalue weighted by Gasteiger charge is -2.21. The van der Waals surface area contributed by atoms with E-state index in [1.807, 2.05) is 32.0 Å². The highest BCUT2D eigenvalue weighted by Crippen LogP contribution is 2.32. The van der Waals surface area contributed by atoms with Crippen LogP contribution >= 0.6 is 0 Å². The number of carbonyl (C=O) groups is 1. The molecule has 1 saturated carbocycles. The number of hydrogen-bond donors (Lipinski definition) is 1. The molecule has 1 unspecified atom stereocenters. The van der Waals surface area contributed by atoms with Gasteiger partial charge in [-0.25, -0.2) is 0 Å². The minimum atomic E-state index is -0.398. The van der Waals surface area contributed by atoms with Crippen LogP contribution in [0.25, 0.3) is 0 Å². The molecule has 0 saturated heterocycles. The van der Waals surface area contributed by atoms with Gasteiger partial charge in [-0.3, -0.25) is 4.79 Å². The number of aliphatic hydroxyl groups is 1. The maximum Gasteiger partial charge on any atom is 0.260 e. The van der Waals surface area contributed by atoms with E-state index in [4.69, 9.17) is 4.74 Å². The smallest absolute Gasteiger partial charge is 0.260 e. The zero-order chi connectivity index (χ0) is 14.7. The topological polar surface area (TPSA) is 49.8 Å². The Balaban J connectivity index is 1.79. The number of ether oxygens (including phenoxy) is 1. The highest BCUT2D eigenvalue weighted by atomic mass is 16.5. The normalized spacial score (nSPS) is 15.8. The van der Waals surface area contributed by atoms with E-state index < -0.39 is 6.10 Å². The largest absolute Gasteiger partial charge is 0.484 e. The number of aliphatic hydroxyl groups excluding tert-OH is 1. The van der Waals surface area contributed by atoms with E-state index in [1.54, 1.807) is 11.9 Å². The van der Waals surface area contributed by atoms with E-state index in [0.717, 1.165) is 18.4 Å². The molecule has 1 aliphatic carbocycles. The highest BCUT2D eigenvalue weighted by molar-refractivity contribution is 5.77. The van der Waals surface area contributed by atoms with Crippen LogP contribution in [-0.4, -0.2) is 42.2 Å². The lowest BCUT2D eigenvalue weighted by Crippen LogP contribution is -2.37. The van der Waals surface area contributed by atoms with Gasteiger partial charge in [0.05, 0.1) is 6.10 Å². The fourth-order valence-corrected chi connectivity index (χ4v) is 2.07. The summed E-state index contributed by atoms with van der Waals surface area (Å²) >= 11 is 0. The molecule has 4 nitrogen and oxygen atoms in total. The first kappa shape index (κ1) is 14.9. The molecule has 1 N–H and O–H groups in total. The molecule has 0 aliphatic heterocycles. The van der Waals surface area contributed by atoms with Gasteiger partial charge < -0.3 is 14.7 Å². The van der Waals surface area contributed by atoms with Crippen molar-refractivity contribution in [2.24, 2.45) is 5.92 Å². The molecule has 1 aliphatic rings. The van der Waals surface area contributed by atoms with E-state index in [-0.39, 0.29) is 12.5 Å². The third kappa shape index (κ3) is 3.97. The molecule has 1 aromatic carbocycles. The van der Waals surface area contributed by atoms with E-state index in [0.29, 0.717) is 18.2 Å². The number of hydrogen-bond acceptors (Lipinski definition) is 3. The van der Waals surface area contributed by atoms with Gasteiger partial charge >= 0.3 is 0 Å². The summed E-state index contributed by atoms with van der Waals surface area (Å²) in [4.78, 5) is 13.5. The molecule has 1 aromatic rings. The minimum absolute atomic E-state index is 0.0103. The summed E-state index contributed by atoms with van der Waals surface area (Å²) in [7, 11) is 1.71. The fourth-order valence-electron chi connectivity index (χ4n) is 2.07. The number of aryl methyl sites for hydroxylation is 2. The molecule has 0 heterocycles. The van der Waals surface area contributed by atoms with E-state index in [2.05, 4.69) is 0 Å². The summed E-state index contributed by atoms with van der Waals surface area (Å²) in [5.74, 6) is 0.978. The van der Waals surface area contributed by atoms with Gasteiger partial charge in [-0.1, -0.05) is 6.07 Å². The van der Waals surface area contributed by atoms with Crippen LogP contribution in [0.4, 0.5) is 0 Å². The zero-order valence-electron chi connectivity index (χ0n) is 12.4. The monoisotopic (exact) mass is 277 g/mol. The number of amides is 1. The van der Waals surface area contributed by atoms with Crippen molar-refractivity contribution in [2.45, 2.75) is 32.8 Å². The van der Waals surface area contributed by atoms with E-state index in [9.17, 15) is 9.90 Å². The fraction of sp³-hybridized carbons (Fsp3) is 0.562. The van der Waals surface area contributed by atoms with Crippen molar-refractivity contribution in [3.63, 3.8) is 0 Å². The first-order chi connectivity index (χ1) is 9.47. The summed E-state index contributed by atoms with van der Waals surface area (Å²) in [5.41, 5.74) is 2.35. The summed E-state index contributed by atoms with van der Waals surface area (Å²) in [5, 5.41) is 9.83. The van der Waals surface area contributed by atoms with Crippen molar-refractivity contribution in [3.8, 4) is 5.75 Å². The number of nitrogens with zero attached hydrogens (tertiary/aromatic N) is 1. The number of rotatable bonds is 6. The summed E-state index contributed by atoms with van der Waals surface area (Å²) < 4.78 is 5.51. The summed E-state index contributed by atoms with van der Waals surface area (Å²) in [6, 6.07) is 5.78. The SMILES string of the molecule is Cc1ccc(OCC(=O)N(C)CC(O)C2CC2)cc1C. The van der Waals surface area contributed by atoms with Crippen LogP contribution in [-0.2, 0) is 4.79 Å². The molecule has 4 heteroatoms. The van der Waals surface area contributed by atoms with Crippen LogP contribution in [0.15, 0.2) is 18.2 Å². The Morgan fingerprint density at radius 3 is 2.70 bits per heavy atom. The molecule has 1 atom stereocenters. The molecule has 2 rings (SSSR count). The maximum absolute atomic E-state index is 11.9. The van der Waals surface area contributed by atoms with Crippen molar-refractivity contribution in [1.82, 2.24) is 4.90 Å². The predicted octanol–water partition coefficient (Wildman–Crippen LogP) is 1.91. The number of benzene rings is 1. The maximum atomic E-state index is 11.9. The molecule has 1 amide bonds. The van der Waals surface area contributed by atoms with Gasteiger partial charge in [-0.15, -0.1) is 0 Å². The molecule has 110 valence electrons. The average molecular weight is 277 g/mol. The number of carbonyl (C=O) groups excluding carboxylic acids is 1. The molecule has 0 radical (unpaired) electrons. The Morgan fingerprint density at radius 1 is 1.40 bits per heavy atom. The number of likely N-dealkylation sites (N-methyl/N-ethyl adjacent to an activating group) is 1. The lowest BCUT2D eigenvalue weighted by atomic mass is 10.1. The van der Waals surface area contributed by atoms with E-state index in [1.165, 1.54) is 5.56 Å².